The third kappa shape index (κ3) is 1.45. The molecule has 1 N–H and O–H groups in total. The van der Waals surface area contributed by atoms with E-state index in [-0.39, 0.29) is 11.7 Å². The van der Waals surface area contributed by atoms with Crippen LogP contribution >= 0.6 is 0 Å². The number of ether oxygens (including phenoxy) is 1. The molecular weight excluding hydrogens is 180 g/mol. The van der Waals surface area contributed by atoms with Crippen molar-refractivity contribution in [2.45, 2.75) is 19.8 Å². The summed E-state index contributed by atoms with van der Waals surface area (Å²) in [6.45, 7) is 2.41. The molecule has 0 aliphatic heterocycles. The van der Waals surface area contributed by atoms with Crippen LogP contribution in [0, 0.1) is 0 Å². The highest BCUT2D eigenvalue weighted by Gasteiger charge is 2.28. The average molecular weight is 192 g/mol. The van der Waals surface area contributed by atoms with E-state index in [2.05, 4.69) is 0 Å². The van der Waals surface area contributed by atoms with Gasteiger partial charge in [-0.1, -0.05) is 6.92 Å². The van der Waals surface area contributed by atoms with Gasteiger partial charge in [0.2, 0.25) is 0 Å². The van der Waals surface area contributed by atoms with Gasteiger partial charge in [-0.2, -0.15) is 0 Å². The van der Waals surface area contributed by atoms with E-state index in [4.69, 9.17) is 4.74 Å². The summed E-state index contributed by atoms with van der Waals surface area (Å²) < 4.78 is 5.01. The van der Waals surface area contributed by atoms with Gasteiger partial charge in [-0.3, -0.25) is 0 Å². The lowest BCUT2D eigenvalue weighted by atomic mass is 10.2. The molecule has 2 rings (SSSR count). The Labute approximate surface area is 82.3 Å². The lowest BCUT2D eigenvalue weighted by Gasteiger charge is -2.02. The van der Waals surface area contributed by atoms with Crippen molar-refractivity contribution in [1.82, 2.24) is 0 Å². The van der Waals surface area contributed by atoms with Crippen LogP contribution in [0.25, 0.3) is 0 Å². The van der Waals surface area contributed by atoms with Gasteiger partial charge in [0, 0.05) is 12.0 Å². The van der Waals surface area contributed by atoms with Gasteiger partial charge in [0.05, 0.1) is 12.2 Å². The Hall–Kier alpha value is -1.51. The number of carbonyl (C=O) groups is 1. The molecule has 0 saturated carbocycles. The zero-order chi connectivity index (χ0) is 10.1. The topological polar surface area (TPSA) is 46.5 Å². The first-order valence-electron chi connectivity index (χ1n) is 4.75. The second-order valence-electron chi connectivity index (χ2n) is 3.40. The first-order chi connectivity index (χ1) is 6.74. The van der Waals surface area contributed by atoms with Crippen LogP contribution in [0.3, 0.4) is 0 Å². The van der Waals surface area contributed by atoms with Gasteiger partial charge in [-0.15, -0.1) is 0 Å². The lowest BCUT2D eigenvalue weighted by Crippen LogP contribution is -2.05. The highest BCUT2D eigenvalue weighted by atomic mass is 16.5. The third-order valence-electron chi connectivity index (χ3n) is 2.29. The number of phenols is 1. The summed E-state index contributed by atoms with van der Waals surface area (Å²) in [7, 11) is 0. The Morgan fingerprint density at radius 1 is 1.50 bits per heavy atom. The molecule has 14 heavy (non-hydrogen) atoms. The zero-order valence-electron chi connectivity index (χ0n) is 8.04. The molecule has 0 aromatic heterocycles. The standard InChI is InChI=1S/C11H12O3/c1-2-5-14-11(13)7-3-4-10(12)9-6-8(7)9/h3-4,12H,2,5-6H2,1H3. The molecule has 1 aromatic rings. The van der Waals surface area contributed by atoms with Crippen LogP contribution < -0.4 is 0 Å². The summed E-state index contributed by atoms with van der Waals surface area (Å²) in [6, 6.07) is 3.17. The molecular formula is C11H12O3. The highest BCUT2D eigenvalue weighted by molar-refractivity contribution is 5.94. The molecule has 0 saturated heterocycles. The van der Waals surface area contributed by atoms with E-state index in [1.807, 2.05) is 6.92 Å². The van der Waals surface area contributed by atoms with E-state index in [9.17, 15) is 9.90 Å². The Morgan fingerprint density at radius 2 is 2.29 bits per heavy atom. The smallest absolute Gasteiger partial charge is 0.338 e. The largest absolute Gasteiger partial charge is 0.508 e. The van der Waals surface area contributed by atoms with Gasteiger partial charge in [-0.05, 0) is 24.1 Å². The predicted molar refractivity (Wildman–Crippen MR) is 51.5 cm³/mol. The summed E-state index contributed by atoms with van der Waals surface area (Å²) in [4.78, 5) is 11.5. The quantitative estimate of drug-likeness (QED) is 0.755. The first kappa shape index (κ1) is 9.06. The van der Waals surface area contributed by atoms with Crippen LogP contribution in [0.4, 0.5) is 0 Å². The number of benzene rings is 1. The summed E-state index contributed by atoms with van der Waals surface area (Å²) in [6.07, 6.45) is 1.54. The monoisotopic (exact) mass is 192 g/mol. The van der Waals surface area contributed by atoms with Crippen molar-refractivity contribution >= 4 is 5.97 Å². The predicted octanol–water partition coefficient (Wildman–Crippen LogP) is 1.86. The van der Waals surface area contributed by atoms with Crippen molar-refractivity contribution in [2.75, 3.05) is 6.61 Å². The molecule has 0 fully saturated rings. The van der Waals surface area contributed by atoms with Crippen molar-refractivity contribution in [2.24, 2.45) is 0 Å². The summed E-state index contributed by atoms with van der Waals surface area (Å²) in [5.41, 5.74) is 2.42. The number of fused-ring (bicyclic) bond motifs is 1. The molecule has 3 nitrogen and oxygen atoms in total. The Kier molecular flexibility index (Phi) is 2.15. The minimum Gasteiger partial charge on any atom is -0.508 e. The molecule has 1 aliphatic rings. The van der Waals surface area contributed by atoms with Crippen molar-refractivity contribution in [3.63, 3.8) is 0 Å². The third-order valence-corrected chi connectivity index (χ3v) is 2.29. The van der Waals surface area contributed by atoms with E-state index in [0.29, 0.717) is 12.2 Å². The minimum atomic E-state index is -0.277. The number of hydrogen-bond acceptors (Lipinski definition) is 3. The van der Waals surface area contributed by atoms with Gasteiger partial charge < -0.3 is 9.84 Å². The summed E-state index contributed by atoms with van der Waals surface area (Å²) in [5.74, 6) is 0.00708. The van der Waals surface area contributed by atoms with Crippen molar-refractivity contribution in [3.05, 3.63) is 28.8 Å². The number of carbonyl (C=O) groups excluding carboxylic acids is 1. The molecule has 74 valence electrons. The van der Waals surface area contributed by atoms with Gasteiger partial charge in [0.1, 0.15) is 5.75 Å². The van der Waals surface area contributed by atoms with Gasteiger partial charge >= 0.3 is 5.97 Å². The second-order valence-corrected chi connectivity index (χ2v) is 3.40. The fourth-order valence-corrected chi connectivity index (χ4v) is 1.46. The number of rotatable bonds is 3. The van der Waals surface area contributed by atoms with Crippen LogP contribution in [-0.2, 0) is 11.2 Å². The maximum absolute atomic E-state index is 11.5. The molecule has 3 heteroatoms. The Balaban J connectivity index is 2.15. The zero-order valence-corrected chi connectivity index (χ0v) is 8.04. The van der Waals surface area contributed by atoms with Crippen molar-refractivity contribution < 1.29 is 14.6 Å². The summed E-state index contributed by atoms with van der Waals surface area (Å²) >= 11 is 0. The average Bonchev–Trinajstić information content (AvgIpc) is 2.95. The molecule has 0 amide bonds. The fourth-order valence-electron chi connectivity index (χ4n) is 1.46. The summed E-state index contributed by atoms with van der Waals surface area (Å²) in [5, 5.41) is 9.30. The second kappa shape index (κ2) is 3.33. The van der Waals surface area contributed by atoms with Crippen LogP contribution in [-0.4, -0.2) is 17.7 Å². The van der Waals surface area contributed by atoms with Crippen LogP contribution in [0.5, 0.6) is 5.75 Å². The number of phenolic OH excluding ortho intramolecular Hbond substituents is 1. The lowest BCUT2D eigenvalue weighted by molar-refractivity contribution is 0.0505. The number of esters is 1. The van der Waals surface area contributed by atoms with Gasteiger partial charge in [0.25, 0.3) is 0 Å². The maximum atomic E-state index is 11.5. The van der Waals surface area contributed by atoms with E-state index in [0.717, 1.165) is 24.0 Å². The molecule has 0 unspecified atom stereocenters. The molecule has 0 heterocycles. The SMILES string of the molecule is CCCOC(=O)c1ccc(O)c2c1C2. The van der Waals surface area contributed by atoms with E-state index < -0.39 is 0 Å². The van der Waals surface area contributed by atoms with Gasteiger partial charge in [0.15, 0.2) is 0 Å². The number of hydrogen-bond donors (Lipinski definition) is 1. The van der Waals surface area contributed by atoms with Crippen LogP contribution in [0.2, 0.25) is 0 Å². The molecule has 0 spiro atoms. The van der Waals surface area contributed by atoms with Crippen LogP contribution in [0.1, 0.15) is 34.8 Å². The molecule has 0 atom stereocenters. The molecule has 0 bridgehead atoms. The maximum Gasteiger partial charge on any atom is 0.338 e. The van der Waals surface area contributed by atoms with E-state index in [1.54, 1.807) is 12.1 Å². The van der Waals surface area contributed by atoms with Crippen molar-refractivity contribution in [1.29, 1.82) is 0 Å². The van der Waals surface area contributed by atoms with Gasteiger partial charge in [-0.25, -0.2) is 4.79 Å². The molecule has 1 aromatic carbocycles. The van der Waals surface area contributed by atoms with E-state index >= 15 is 0 Å². The Morgan fingerprint density at radius 3 is 3.00 bits per heavy atom. The fraction of sp³-hybridized carbons (Fsp3) is 0.364. The first-order valence-corrected chi connectivity index (χ1v) is 4.75. The molecule has 1 aliphatic carbocycles. The molecule has 0 radical (unpaired) electrons. The normalized spacial score (nSPS) is 12.1. The number of aromatic hydroxyl groups is 1. The van der Waals surface area contributed by atoms with Crippen molar-refractivity contribution in [3.8, 4) is 5.75 Å². The van der Waals surface area contributed by atoms with Crippen LogP contribution in [0.15, 0.2) is 12.1 Å². The highest BCUT2D eigenvalue weighted by Crippen LogP contribution is 2.38. The van der Waals surface area contributed by atoms with E-state index in [1.165, 1.54) is 0 Å². The Bertz CT molecular complexity index is 382. The minimum absolute atomic E-state index is 0.277.